The Labute approximate surface area is 175 Å². The maximum atomic E-state index is 13.0. The fraction of sp³-hybridized carbons (Fsp3) is 0.250. The average molecular weight is 454 g/mol. The van der Waals surface area contributed by atoms with Crippen molar-refractivity contribution in [2.45, 2.75) is 23.7 Å². The quantitative estimate of drug-likeness (QED) is 0.557. The Hall–Kier alpha value is -2.59. The number of ether oxygens (including phenoxy) is 1. The summed E-state index contributed by atoms with van der Waals surface area (Å²) >= 11 is 1.27. The summed E-state index contributed by atoms with van der Waals surface area (Å²) in [6, 6.07) is 8.16. The van der Waals surface area contributed by atoms with Crippen LogP contribution in [0.5, 0.6) is 5.75 Å². The monoisotopic (exact) mass is 454 g/mol. The van der Waals surface area contributed by atoms with Crippen LogP contribution in [-0.4, -0.2) is 26.6 Å². The highest BCUT2D eigenvalue weighted by molar-refractivity contribution is 7.90. The van der Waals surface area contributed by atoms with Crippen LogP contribution in [0.15, 0.2) is 52.9 Å². The van der Waals surface area contributed by atoms with E-state index in [2.05, 4.69) is 4.98 Å². The number of benzene rings is 2. The number of hydrogen-bond donors (Lipinski definition) is 0. The number of halogens is 3. The molecule has 1 aliphatic rings. The lowest BCUT2D eigenvalue weighted by Gasteiger charge is -2.32. The number of hydrogen-bond acceptors (Lipinski definition) is 6. The second-order valence-electron chi connectivity index (χ2n) is 6.81. The highest BCUT2D eigenvalue weighted by Gasteiger charge is 2.31. The zero-order chi connectivity index (χ0) is 21.5. The number of thiazole rings is 1. The summed E-state index contributed by atoms with van der Waals surface area (Å²) < 4.78 is 70.0. The Balaban J connectivity index is 1.67. The third-order valence-electron chi connectivity index (χ3n) is 4.77. The van der Waals surface area contributed by atoms with Gasteiger partial charge in [0.1, 0.15) is 23.1 Å². The largest absolute Gasteiger partial charge is 0.489 e. The van der Waals surface area contributed by atoms with Gasteiger partial charge in [-0.15, -0.1) is 11.3 Å². The highest BCUT2D eigenvalue weighted by Crippen LogP contribution is 2.41. The summed E-state index contributed by atoms with van der Waals surface area (Å²) in [7, 11) is -3.60. The van der Waals surface area contributed by atoms with Crippen LogP contribution in [0.3, 0.4) is 0 Å². The van der Waals surface area contributed by atoms with Gasteiger partial charge in [-0.25, -0.2) is 13.4 Å². The van der Waals surface area contributed by atoms with Crippen LogP contribution >= 0.6 is 11.3 Å². The molecule has 1 aromatic heterocycles. The van der Waals surface area contributed by atoms with Crippen molar-refractivity contribution in [2.24, 2.45) is 0 Å². The number of alkyl halides is 3. The van der Waals surface area contributed by atoms with Crippen LogP contribution in [-0.2, 0) is 21.8 Å². The lowest BCUT2D eigenvalue weighted by Crippen LogP contribution is -2.29. The lowest BCUT2D eigenvalue weighted by molar-refractivity contribution is -0.137. The van der Waals surface area contributed by atoms with E-state index < -0.39 is 21.6 Å². The van der Waals surface area contributed by atoms with E-state index in [1.54, 1.807) is 24.6 Å². The Morgan fingerprint density at radius 1 is 1.17 bits per heavy atom. The van der Waals surface area contributed by atoms with Crippen LogP contribution in [0.1, 0.15) is 16.1 Å². The van der Waals surface area contributed by atoms with E-state index in [0.29, 0.717) is 34.2 Å². The van der Waals surface area contributed by atoms with E-state index in [1.807, 2.05) is 4.90 Å². The molecule has 158 valence electrons. The zero-order valence-corrected chi connectivity index (χ0v) is 17.4. The second-order valence-corrected chi connectivity index (χ2v) is 9.78. The predicted octanol–water partition coefficient (Wildman–Crippen LogP) is 4.97. The summed E-state index contributed by atoms with van der Waals surface area (Å²) in [6.07, 6.45) is -2.86. The summed E-state index contributed by atoms with van der Waals surface area (Å²) in [5.41, 5.74) is 0.988. The molecule has 0 amide bonds. The Morgan fingerprint density at radius 3 is 2.60 bits per heavy atom. The first-order valence-electron chi connectivity index (χ1n) is 8.98. The van der Waals surface area contributed by atoms with Gasteiger partial charge in [-0.2, -0.15) is 13.2 Å². The van der Waals surface area contributed by atoms with Crippen molar-refractivity contribution in [3.8, 4) is 5.75 Å². The van der Waals surface area contributed by atoms with Crippen molar-refractivity contribution in [2.75, 3.05) is 18.1 Å². The molecule has 0 saturated carbocycles. The fourth-order valence-electron chi connectivity index (χ4n) is 3.35. The number of sulfone groups is 1. The highest BCUT2D eigenvalue weighted by atomic mass is 32.2. The number of nitrogens with zero attached hydrogens (tertiary/aromatic N) is 2. The van der Waals surface area contributed by atoms with Gasteiger partial charge >= 0.3 is 6.18 Å². The van der Waals surface area contributed by atoms with Crippen LogP contribution in [0.25, 0.3) is 0 Å². The van der Waals surface area contributed by atoms with Gasteiger partial charge in [0.2, 0.25) is 0 Å². The van der Waals surface area contributed by atoms with Crippen LogP contribution < -0.4 is 9.64 Å². The SMILES string of the molecule is Cc1cc(C(F)(F)F)ccc1N1CCOc2cc(S(=O)(=O)Cc3nccs3)ccc21. The minimum Gasteiger partial charge on any atom is -0.489 e. The van der Waals surface area contributed by atoms with E-state index in [4.69, 9.17) is 4.74 Å². The smallest absolute Gasteiger partial charge is 0.416 e. The molecule has 0 bridgehead atoms. The molecule has 0 fully saturated rings. The first-order valence-corrected chi connectivity index (χ1v) is 11.5. The predicted molar refractivity (Wildman–Crippen MR) is 108 cm³/mol. The normalized spacial score (nSPS) is 14.3. The third kappa shape index (κ3) is 4.01. The molecule has 0 unspecified atom stereocenters. The van der Waals surface area contributed by atoms with Crippen molar-refractivity contribution < 1.29 is 26.3 Å². The number of anilines is 2. The number of aryl methyl sites for hydroxylation is 1. The van der Waals surface area contributed by atoms with Gasteiger partial charge < -0.3 is 9.64 Å². The van der Waals surface area contributed by atoms with Gasteiger partial charge in [0.15, 0.2) is 9.84 Å². The maximum absolute atomic E-state index is 13.0. The van der Waals surface area contributed by atoms with E-state index in [-0.39, 0.29) is 17.3 Å². The summed E-state index contributed by atoms with van der Waals surface area (Å²) in [5.74, 6) is 0.173. The van der Waals surface area contributed by atoms with Crippen LogP contribution in [0, 0.1) is 6.92 Å². The van der Waals surface area contributed by atoms with Crippen molar-refractivity contribution in [1.82, 2.24) is 4.98 Å². The summed E-state index contributed by atoms with van der Waals surface area (Å²) in [6.45, 7) is 2.33. The van der Waals surface area contributed by atoms with Gasteiger partial charge in [0.05, 0.1) is 22.7 Å². The molecule has 30 heavy (non-hydrogen) atoms. The maximum Gasteiger partial charge on any atom is 0.416 e. The number of aromatic nitrogens is 1. The summed E-state index contributed by atoms with van der Waals surface area (Å²) in [4.78, 5) is 5.97. The fourth-order valence-corrected chi connectivity index (χ4v) is 5.62. The molecule has 2 heterocycles. The topological polar surface area (TPSA) is 59.5 Å². The third-order valence-corrected chi connectivity index (χ3v) is 7.35. The van der Waals surface area contributed by atoms with Gasteiger partial charge in [-0.1, -0.05) is 0 Å². The molecule has 2 aromatic carbocycles. The molecule has 0 saturated heterocycles. The summed E-state index contributed by atoms with van der Waals surface area (Å²) in [5, 5.41) is 2.21. The first-order chi connectivity index (χ1) is 14.1. The minimum absolute atomic E-state index is 0.113. The first kappa shape index (κ1) is 20.7. The Bertz CT molecular complexity index is 1180. The molecular formula is C20H17F3N2O3S2. The average Bonchev–Trinajstić information content (AvgIpc) is 3.18. The van der Waals surface area contributed by atoms with Crippen molar-refractivity contribution >= 4 is 32.5 Å². The molecule has 0 atom stereocenters. The van der Waals surface area contributed by atoms with Crippen LogP contribution in [0.4, 0.5) is 24.5 Å². The lowest BCUT2D eigenvalue weighted by atomic mass is 10.1. The van der Waals surface area contributed by atoms with Crippen molar-refractivity contribution in [3.63, 3.8) is 0 Å². The van der Waals surface area contributed by atoms with E-state index >= 15 is 0 Å². The Kier molecular flexibility index (Phi) is 5.23. The van der Waals surface area contributed by atoms with Gasteiger partial charge in [-0.05, 0) is 42.8 Å². The van der Waals surface area contributed by atoms with E-state index in [0.717, 1.165) is 12.1 Å². The van der Waals surface area contributed by atoms with E-state index in [1.165, 1.54) is 29.5 Å². The van der Waals surface area contributed by atoms with Crippen molar-refractivity contribution in [3.05, 3.63) is 64.1 Å². The van der Waals surface area contributed by atoms with E-state index in [9.17, 15) is 21.6 Å². The molecule has 0 spiro atoms. The number of fused-ring (bicyclic) bond motifs is 1. The Morgan fingerprint density at radius 2 is 1.93 bits per heavy atom. The standard InChI is InChI=1S/C20H17F3N2O3S2/c1-13-10-14(20(21,22)23)2-4-16(13)25-7-8-28-18-11-15(3-5-17(18)25)30(26,27)12-19-24-6-9-29-19/h2-6,9-11H,7-8,12H2,1H3. The van der Waals surface area contributed by atoms with Gasteiger partial charge in [0, 0.05) is 23.3 Å². The number of rotatable bonds is 4. The molecule has 5 nitrogen and oxygen atoms in total. The van der Waals surface area contributed by atoms with Gasteiger partial charge in [0.25, 0.3) is 0 Å². The zero-order valence-electron chi connectivity index (χ0n) is 15.8. The molecule has 0 aliphatic carbocycles. The molecule has 1 aliphatic heterocycles. The van der Waals surface area contributed by atoms with Gasteiger partial charge in [-0.3, -0.25) is 0 Å². The molecule has 0 radical (unpaired) electrons. The second kappa shape index (κ2) is 7.59. The molecular weight excluding hydrogens is 437 g/mol. The molecule has 3 aromatic rings. The minimum atomic E-state index is -4.41. The molecule has 10 heteroatoms. The van der Waals surface area contributed by atoms with Crippen LogP contribution in [0.2, 0.25) is 0 Å². The van der Waals surface area contributed by atoms with Crippen molar-refractivity contribution in [1.29, 1.82) is 0 Å². The molecule has 0 N–H and O–H groups in total. The molecule has 4 rings (SSSR count).